The molecule has 5 rings (SSSR count). The number of hydrogen-bond donors (Lipinski definition) is 4. The van der Waals surface area contributed by atoms with Crippen LogP contribution in [0.4, 0.5) is 11.9 Å². The molecular weight excluding hydrogens is 446 g/mol. The topological polar surface area (TPSA) is 138 Å². The van der Waals surface area contributed by atoms with E-state index in [9.17, 15) is 9.59 Å². The van der Waals surface area contributed by atoms with Gasteiger partial charge in [-0.2, -0.15) is 0 Å². The van der Waals surface area contributed by atoms with Crippen LogP contribution in [-0.4, -0.2) is 43.8 Å². The van der Waals surface area contributed by atoms with Gasteiger partial charge in [-0.15, -0.1) is 0 Å². The van der Waals surface area contributed by atoms with Crippen LogP contribution in [-0.2, 0) is 0 Å². The molecule has 2 aromatic carbocycles. The molecule has 0 unspecified atom stereocenters. The number of rotatable bonds is 5. The van der Waals surface area contributed by atoms with Crippen molar-refractivity contribution >= 4 is 57.1 Å². The highest BCUT2D eigenvalue weighted by atomic mass is 35.5. The Labute approximate surface area is 191 Å². The van der Waals surface area contributed by atoms with Crippen LogP contribution in [0, 0.1) is 0 Å². The molecule has 0 aliphatic heterocycles. The first-order valence-electron chi connectivity index (χ1n) is 9.76. The maximum Gasteiger partial charge on any atom is 0.276 e. The van der Waals surface area contributed by atoms with Gasteiger partial charge in [-0.25, -0.2) is 9.97 Å². The van der Waals surface area contributed by atoms with Crippen LogP contribution in [0.25, 0.3) is 21.8 Å². The van der Waals surface area contributed by atoms with Crippen molar-refractivity contribution in [3.63, 3.8) is 0 Å². The molecule has 0 spiro atoms. The van der Waals surface area contributed by atoms with Crippen LogP contribution in [0.5, 0.6) is 5.75 Å². The highest BCUT2D eigenvalue weighted by Gasteiger charge is 2.17. The second kappa shape index (κ2) is 8.24. The van der Waals surface area contributed by atoms with E-state index in [1.54, 1.807) is 42.6 Å². The summed E-state index contributed by atoms with van der Waals surface area (Å²) in [5.74, 6) is 0.145. The number of fused-ring (bicyclic) bond motifs is 2. The summed E-state index contributed by atoms with van der Waals surface area (Å²) in [5.41, 5.74) is 1.50. The fraction of sp³-hybridized carbons (Fsp3) is 0.0455. The molecule has 0 aliphatic carbocycles. The molecule has 0 fully saturated rings. The molecule has 0 atom stereocenters. The maximum absolute atomic E-state index is 12.8. The molecule has 0 saturated heterocycles. The lowest BCUT2D eigenvalue weighted by atomic mass is 10.1. The van der Waals surface area contributed by atoms with Gasteiger partial charge in [-0.1, -0.05) is 23.7 Å². The van der Waals surface area contributed by atoms with Gasteiger partial charge in [0.15, 0.2) is 0 Å². The zero-order valence-corrected chi connectivity index (χ0v) is 17.9. The molecule has 0 saturated carbocycles. The third-order valence-corrected chi connectivity index (χ3v) is 5.26. The SMILES string of the molecule is COc1c(Cl)ccc2cc(C(=O)Nc3nc4c(C(=O)Nc5ncc[nH]5)cccc4[nH]3)ncc12. The average molecular weight is 462 g/mol. The third kappa shape index (κ3) is 3.83. The van der Waals surface area contributed by atoms with Gasteiger partial charge in [-0.3, -0.25) is 25.2 Å². The highest BCUT2D eigenvalue weighted by molar-refractivity contribution is 6.33. The molecule has 3 aromatic heterocycles. The number of hydrogen-bond acceptors (Lipinski definition) is 6. The van der Waals surface area contributed by atoms with E-state index in [-0.39, 0.29) is 17.5 Å². The summed E-state index contributed by atoms with van der Waals surface area (Å²) in [6.07, 6.45) is 4.67. The number of methoxy groups -OCH3 is 1. The molecule has 11 heteroatoms. The standard InChI is InChI=1S/C22H16ClN7O3/c1-33-18-13-10-26-16(9-11(13)5-6-14(18)23)20(32)30-22-27-15-4-2-3-12(17(15)28-22)19(31)29-21-24-7-8-25-21/h2-10H,1H3,(H2,24,25,29,31)(H2,27,28,30,32). The minimum Gasteiger partial charge on any atom is -0.494 e. The fourth-order valence-electron chi connectivity index (χ4n) is 3.45. The summed E-state index contributed by atoms with van der Waals surface area (Å²) in [7, 11) is 1.52. The minimum absolute atomic E-state index is 0.183. The minimum atomic E-state index is -0.466. The summed E-state index contributed by atoms with van der Waals surface area (Å²) < 4.78 is 5.33. The Balaban J connectivity index is 1.42. The van der Waals surface area contributed by atoms with E-state index in [0.717, 1.165) is 5.39 Å². The van der Waals surface area contributed by atoms with E-state index in [1.165, 1.54) is 19.5 Å². The predicted octanol–water partition coefficient (Wildman–Crippen LogP) is 4.00. The number of halogens is 1. The van der Waals surface area contributed by atoms with Crippen LogP contribution < -0.4 is 15.4 Å². The van der Waals surface area contributed by atoms with Gasteiger partial charge in [-0.05, 0) is 29.7 Å². The van der Waals surface area contributed by atoms with Crippen molar-refractivity contribution in [3.8, 4) is 5.75 Å². The molecule has 164 valence electrons. The van der Waals surface area contributed by atoms with E-state index in [4.69, 9.17) is 16.3 Å². The van der Waals surface area contributed by atoms with E-state index in [2.05, 4.69) is 35.6 Å². The van der Waals surface area contributed by atoms with Crippen molar-refractivity contribution in [2.24, 2.45) is 0 Å². The number of para-hydroxylation sites is 1. The van der Waals surface area contributed by atoms with Crippen LogP contribution in [0.2, 0.25) is 5.02 Å². The Morgan fingerprint density at radius 3 is 2.70 bits per heavy atom. The summed E-state index contributed by atoms with van der Waals surface area (Å²) in [4.78, 5) is 43.8. The summed E-state index contributed by atoms with van der Waals surface area (Å²) in [6, 6.07) is 10.2. The lowest BCUT2D eigenvalue weighted by molar-refractivity contribution is 0.101. The van der Waals surface area contributed by atoms with Gasteiger partial charge in [0.1, 0.15) is 17.0 Å². The molecule has 5 aromatic rings. The van der Waals surface area contributed by atoms with Crippen molar-refractivity contribution < 1.29 is 14.3 Å². The zero-order valence-electron chi connectivity index (χ0n) is 17.1. The lowest BCUT2D eigenvalue weighted by Gasteiger charge is -2.08. The number of imidazole rings is 2. The predicted molar refractivity (Wildman–Crippen MR) is 124 cm³/mol. The van der Waals surface area contributed by atoms with Crippen molar-refractivity contribution in [1.82, 2.24) is 24.9 Å². The van der Waals surface area contributed by atoms with Gasteiger partial charge < -0.3 is 14.7 Å². The van der Waals surface area contributed by atoms with E-state index in [1.807, 2.05) is 0 Å². The Morgan fingerprint density at radius 1 is 1.06 bits per heavy atom. The second-order valence-corrected chi connectivity index (χ2v) is 7.41. The Bertz CT molecular complexity index is 1510. The van der Waals surface area contributed by atoms with E-state index < -0.39 is 5.91 Å². The summed E-state index contributed by atoms with van der Waals surface area (Å²) in [6.45, 7) is 0. The number of anilines is 2. The molecule has 33 heavy (non-hydrogen) atoms. The molecule has 2 amide bonds. The number of ether oxygens (including phenoxy) is 1. The average Bonchev–Trinajstić information content (AvgIpc) is 3.47. The van der Waals surface area contributed by atoms with Crippen molar-refractivity contribution in [2.75, 3.05) is 17.7 Å². The van der Waals surface area contributed by atoms with Crippen LogP contribution in [0.3, 0.4) is 0 Å². The fourth-order valence-corrected chi connectivity index (χ4v) is 3.69. The molecule has 0 radical (unpaired) electrons. The van der Waals surface area contributed by atoms with Gasteiger partial charge in [0.05, 0.1) is 23.2 Å². The Kier molecular flexibility index (Phi) is 5.11. The maximum atomic E-state index is 12.8. The van der Waals surface area contributed by atoms with Crippen molar-refractivity contribution in [2.45, 2.75) is 0 Å². The Morgan fingerprint density at radius 2 is 1.91 bits per heavy atom. The highest BCUT2D eigenvalue weighted by Crippen LogP contribution is 2.33. The van der Waals surface area contributed by atoms with Crippen LogP contribution in [0.15, 0.2) is 55.0 Å². The number of nitrogens with zero attached hydrogens (tertiary/aromatic N) is 3. The number of amides is 2. The smallest absolute Gasteiger partial charge is 0.276 e. The first kappa shape index (κ1) is 20.5. The third-order valence-electron chi connectivity index (χ3n) is 4.96. The van der Waals surface area contributed by atoms with Gasteiger partial charge in [0, 0.05) is 24.0 Å². The number of benzene rings is 2. The number of carbonyl (C=O) groups is 2. The lowest BCUT2D eigenvalue weighted by Crippen LogP contribution is -2.15. The van der Waals surface area contributed by atoms with Gasteiger partial charge in [0.2, 0.25) is 11.9 Å². The summed E-state index contributed by atoms with van der Waals surface area (Å²) >= 11 is 6.15. The first-order valence-corrected chi connectivity index (χ1v) is 10.1. The van der Waals surface area contributed by atoms with Gasteiger partial charge >= 0.3 is 0 Å². The molecule has 0 aliphatic rings. The molecular formula is C22H16ClN7O3. The molecule has 10 nitrogen and oxygen atoms in total. The first-order chi connectivity index (χ1) is 16.0. The van der Waals surface area contributed by atoms with Crippen molar-refractivity contribution in [1.29, 1.82) is 0 Å². The second-order valence-electron chi connectivity index (χ2n) is 7.00. The summed E-state index contributed by atoms with van der Waals surface area (Å²) in [5, 5.41) is 7.25. The quantitative estimate of drug-likeness (QED) is 0.312. The monoisotopic (exact) mass is 461 g/mol. The number of aromatic amines is 2. The number of nitrogens with one attached hydrogen (secondary N) is 4. The number of carbonyl (C=O) groups excluding carboxylic acids is 2. The largest absolute Gasteiger partial charge is 0.494 e. The zero-order chi connectivity index (χ0) is 22.9. The van der Waals surface area contributed by atoms with Crippen LogP contribution in [0.1, 0.15) is 20.8 Å². The number of pyridine rings is 1. The molecule has 4 N–H and O–H groups in total. The van der Waals surface area contributed by atoms with E-state index in [0.29, 0.717) is 38.7 Å². The van der Waals surface area contributed by atoms with Crippen molar-refractivity contribution in [3.05, 3.63) is 71.3 Å². The van der Waals surface area contributed by atoms with Crippen LogP contribution >= 0.6 is 11.6 Å². The number of aromatic nitrogens is 5. The molecule has 0 bridgehead atoms. The van der Waals surface area contributed by atoms with E-state index >= 15 is 0 Å². The Hall–Kier alpha value is -4.44. The number of H-pyrrole nitrogens is 2. The normalized spacial score (nSPS) is 11.0. The molecule has 3 heterocycles. The van der Waals surface area contributed by atoms with Gasteiger partial charge in [0.25, 0.3) is 11.8 Å².